The van der Waals surface area contributed by atoms with Crippen molar-refractivity contribution in [1.82, 2.24) is 15.5 Å². The number of nitrogens with zero attached hydrogens (tertiary/aromatic N) is 1. The fourth-order valence-electron chi connectivity index (χ4n) is 2.84. The summed E-state index contributed by atoms with van der Waals surface area (Å²) in [6.07, 6.45) is 2.66. The van der Waals surface area contributed by atoms with Crippen LogP contribution in [-0.4, -0.2) is 54.7 Å². The molecular formula is C18H35N3O3. The molecule has 1 heterocycles. The third kappa shape index (κ3) is 7.07. The highest BCUT2D eigenvalue weighted by molar-refractivity contribution is 5.81. The maximum Gasteiger partial charge on any atom is 0.407 e. The van der Waals surface area contributed by atoms with Crippen molar-refractivity contribution in [3.63, 3.8) is 0 Å². The molecule has 6 nitrogen and oxygen atoms in total. The molecular weight excluding hydrogens is 306 g/mol. The van der Waals surface area contributed by atoms with E-state index in [1.807, 2.05) is 27.7 Å². The van der Waals surface area contributed by atoms with Gasteiger partial charge in [0.2, 0.25) is 5.91 Å². The van der Waals surface area contributed by atoms with Crippen LogP contribution >= 0.6 is 0 Å². The summed E-state index contributed by atoms with van der Waals surface area (Å²) in [7, 11) is 0. The Morgan fingerprint density at radius 1 is 1.29 bits per heavy atom. The molecule has 2 N–H and O–H groups in total. The second-order valence-corrected chi connectivity index (χ2v) is 8.21. The van der Waals surface area contributed by atoms with Gasteiger partial charge in [-0.05, 0) is 52.5 Å². The molecule has 1 fully saturated rings. The number of rotatable bonds is 7. The SMILES string of the molecule is CCCCNC(=O)C(C)N1CCC(C)(CNC(=O)OC(C)(C)C)C1. The van der Waals surface area contributed by atoms with Crippen LogP contribution in [0.3, 0.4) is 0 Å². The fourth-order valence-corrected chi connectivity index (χ4v) is 2.84. The highest BCUT2D eigenvalue weighted by Gasteiger charge is 2.37. The van der Waals surface area contributed by atoms with E-state index in [4.69, 9.17) is 4.74 Å². The zero-order chi connectivity index (χ0) is 18.4. The molecule has 0 radical (unpaired) electrons. The highest BCUT2D eigenvalue weighted by atomic mass is 16.6. The summed E-state index contributed by atoms with van der Waals surface area (Å²) in [5, 5.41) is 5.86. The predicted octanol–water partition coefficient (Wildman–Crippen LogP) is 2.53. The van der Waals surface area contributed by atoms with Gasteiger partial charge in [-0.1, -0.05) is 20.3 Å². The van der Waals surface area contributed by atoms with Gasteiger partial charge in [-0.15, -0.1) is 0 Å². The lowest BCUT2D eigenvalue weighted by Gasteiger charge is -2.28. The van der Waals surface area contributed by atoms with Crippen LogP contribution in [0.2, 0.25) is 0 Å². The molecule has 1 aliphatic rings. The minimum Gasteiger partial charge on any atom is -0.444 e. The molecule has 2 amide bonds. The molecule has 2 unspecified atom stereocenters. The number of hydrogen-bond acceptors (Lipinski definition) is 4. The van der Waals surface area contributed by atoms with Gasteiger partial charge in [-0.2, -0.15) is 0 Å². The van der Waals surface area contributed by atoms with Gasteiger partial charge in [-0.25, -0.2) is 4.79 Å². The summed E-state index contributed by atoms with van der Waals surface area (Å²) in [5.74, 6) is 0.0906. The topological polar surface area (TPSA) is 70.7 Å². The van der Waals surface area contributed by atoms with E-state index in [2.05, 4.69) is 29.4 Å². The third-order valence-electron chi connectivity index (χ3n) is 4.40. The molecule has 0 aliphatic carbocycles. The zero-order valence-corrected chi connectivity index (χ0v) is 16.2. The van der Waals surface area contributed by atoms with Gasteiger partial charge in [0.15, 0.2) is 0 Å². The van der Waals surface area contributed by atoms with E-state index in [0.29, 0.717) is 6.54 Å². The Labute approximate surface area is 146 Å². The molecule has 2 atom stereocenters. The molecule has 1 rings (SSSR count). The number of nitrogens with one attached hydrogen (secondary N) is 2. The summed E-state index contributed by atoms with van der Waals surface area (Å²) in [6.45, 7) is 14.7. The number of carbonyl (C=O) groups is 2. The second kappa shape index (κ2) is 8.70. The van der Waals surface area contributed by atoms with Crippen LogP contribution in [0, 0.1) is 5.41 Å². The van der Waals surface area contributed by atoms with Crippen molar-refractivity contribution in [3.8, 4) is 0 Å². The maximum absolute atomic E-state index is 12.2. The quantitative estimate of drug-likeness (QED) is 0.698. The molecule has 0 aromatic heterocycles. The van der Waals surface area contributed by atoms with E-state index >= 15 is 0 Å². The van der Waals surface area contributed by atoms with E-state index in [1.54, 1.807) is 0 Å². The van der Waals surface area contributed by atoms with Crippen LogP contribution in [0.25, 0.3) is 0 Å². The first-order valence-corrected chi connectivity index (χ1v) is 9.05. The van der Waals surface area contributed by atoms with Crippen molar-refractivity contribution in [3.05, 3.63) is 0 Å². The molecule has 1 aliphatic heterocycles. The first kappa shape index (κ1) is 20.7. The number of hydrogen-bond donors (Lipinski definition) is 2. The van der Waals surface area contributed by atoms with Gasteiger partial charge >= 0.3 is 6.09 Å². The lowest BCUT2D eigenvalue weighted by atomic mass is 9.90. The maximum atomic E-state index is 12.2. The van der Waals surface area contributed by atoms with Gasteiger partial charge in [0.1, 0.15) is 5.60 Å². The van der Waals surface area contributed by atoms with E-state index in [1.165, 1.54) is 0 Å². The third-order valence-corrected chi connectivity index (χ3v) is 4.40. The van der Waals surface area contributed by atoms with Gasteiger partial charge in [-0.3, -0.25) is 9.69 Å². The van der Waals surface area contributed by atoms with Crippen molar-refractivity contribution >= 4 is 12.0 Å². The second-order valence-electron chi connectivity index (χ2n) is 8.21. The molecule has 0 spiro atoms. The number of likely N-dealkylation sites (tertiary alicyclic amines) is 1. The number of carbonyl (C=O) groups excluding carboxylic acids is 2. The van der Waals surface area contributed by atoms with Crippen molar-refractivity contribution in [2.45, 2.75) is 72.4 Å². The molecule has 0 aromatic carbocycles. The lowest BCUT2D eigenvalue weighted by Crippen LogP contribution is -2.46. The number of amides is 2. The van der Waals surface area contributed by atoms with Crippen molar-refractivity contribution in [1.29, 1.82) is 0 Å². The summed E-state index contributed by atoms with van der Waals surface area (Å²) >= 11 is 0. The smallest absolute Gasteiger partial charge is 0.407 e. The summed E-state index contributed by atoms with van der Waals surface area (Å²) in [5.41, 5.74) is -0.521. The zero-order valence-electron chi connectivity index (χ0n) is 16.2. The Hall–Kier alpha value is -1.30. The van der Waals surface area contributed by atoms with Gasteiger partial charge in [0.05, 0.1) is 6.04 Å². The molecule has 0 saturated carbocycles. The Kier molecular flexibility index (Phi) is 7.52. The average Bonchev–Trinajstić information content (AvgIpc) is 2.86. The van der Waals surface area contributed by atoms with E-state index in [-0.39, 0.29) is 23.5 Å². The van der Waals surface area contributed by atoms with Gasteiger partial charge < -0.3 is 15.4 Å². The van der Waals surface area contributed by atoms with Crippen LogP contribution in [0.4, 0.5) is 4.79 Å². The molecule has 0 aromatic rings. The van der Waals surface area contributed by atoms with Crippen LogP contribution in [0.1, 0.15) is 60.8 Å². The van der Waals surface area contributed by atoms with E-state index < -0.39 is 5.60 Å². The Balaban J connectivity index is 2.42. The van der Waals surface area contributed by atoms with Gasteiger partial charge in [0, 0.05) is 19.6 Å². The summed E-state index contributed by atoms with van der Waals surface area (Å²) in [6, 6.07) is -0.134. The van der Waals surface area contributed by atoms with Gasteiger partial charge in [0.25, 0.3) is 0 Å². The van der Waals surface area contributed by atoms with Crippen LogP contribution in [0.15, 0.2) is 0 Å². The Morgan fingerprint density at radius 3 is 2.54 bits per heavy atom. The first-order chi connectivity index (χ1) is 11.1. The van der Waals surface area contributed by atoms with E-state index in [9.17, 15) is 9.59 Å². The summed E-state index contributed by atoms with van der Waals surface area (Å²) < 4.78 is 5.28. The minimum absolute atomic E-state index is 0.0329. The average molecular weight is 341 g/mol. The number of alkyl carbamates (subject to hydrolysis) is 1. The first-order valence-electron chi connectivity index (χ1n) is 9.05. The minimum atomic E-state index is -0.488. The largest absolute Gasteiger partial charge is 0.444 e. The van der Waals surface area contributed by atoms with Crippen molar-refractivity contribution < 1.29 is 14.3 Å². The number of unbranched alkanes of at least 4 members (excludes halogenated alkanes) is 1. The van der Waals surface area contributed by atoms with Crippen molar-refractivity contribution in [2.75, 3.05) is 26.2 Å². The van der Waals surface area contributed by atoms with Crippen LogP contribution in [0.5, 0.6) is 0 Å². The standard InChI is InChI=1S/C18H35N3O3/c1-7-8-10-19-15(22)14(2)21-11-9-18(6,13-21)12-20-16(23)24-17(3,4)5/h14H,7-13H2,1-6H3,(H,19,22)(H,20,23). The van der Waals surface area contributed by atoms with Crippen LogP contribution in [-0.2, 0) is 9.53 Å². The lowest BCUT2D eigenvalue weighted by molar-refractivity contribution is -0.125. The molecule has 0 bridgehead atoms. The molecule has 6 heteroatoms. The Morgan fingerprint density at radius 2 is 1.96 bits per heavy atom. The van der Waals surface area contributed by atoms with Crippen LogP contribution < -0.4 is 10.6 Å². The molecule has 24 heavy (non-hydrogen) atoms. The van der Waals surface area contributed by atoms with E-state index in [0.717, 1.165) is 38.9 Å². The van der Waals surface area contributed by atoms with Crippen molar-refractivity contribution in [2.24, 2.45) is 5.41 Å². The summed E-state index contributed by atoms with van der Waals surface area (Å²) in [4.78, 5) is 26.2. The Bertz CT molecular complexity index is 434. The predicted molar refractivity (Wildman–Crippen MR) is 95.9 cm³/mol. The fraction of sp³-hybridized carbons (Fsp3) is 0.889. The molecule has 140 valence electrons. The number of ether oxygens (including phenoxy) is 1. The monoisotopic (exact) mass is 341 g/mol. The normalized spacial score (nSPS) is 22.9. The highest BCUT2D eigenvalue weighted by Crippen LogP contribution is 2.30. The molecule has 1 saturated heterocycles.